The van der Waals surface area contributed by atoms with Gasteiger partial charge in [0.05, 0.1) is 11.7 Å². The van der Waals surface area contributed by atoms with Gasteiger partial charge in [0, 0.05) is 0 Å². The van der Waals surface area contributed by atoms with Gasteiger partial charge in [0.25, 0.3) is 0 Å². The Balaban J connectivity index is 2.42. The van der Waals surface area contributed by atoms with Crippen molar-refractivity contribution in [3.8, 4) is 0 Å². The molecule has 4 heteroatoms. The summed E-state index contributed by atoms with van der Waals surface area (Å²) in [5, 5.41) is 9.55. The summed E-state index contributed by atoms with van der Waals surface area (Å²) < 4.78 is 9.91. The maximum absolute atomic E-state index is 11.4. The molecule has 0 aliphatic rings. The Labute approximate surface area is 88.8 Å². The van der Waals surface area contributed by atoms with Crippen LogP contribution in [0, 0.1) is 5.41 Å². The van der Waals surface area contributed by atoms with Crippen LogP contribution in [0.15, 0.2) is 22.8 Å². The fourth-order valence-corrected chi connectivity index (χ4v) is 0.934. The van der Waals surface area contributed by atoms with Gasteiger partial charge < -0.3 is 14.3 Å². The van der Waals surface area contributed by atoms with E-state index in [1.165, 1.54) is 6.26 Å². The van der Waals surface area contributed by atoms with Gasteiger partial charge in [-0.25, -0.2) is 0 Å². The number of ether oxygens (including phenoxy) is 1. The molecule has 0 fully saturated rings. The number of carbonyl (C=O) groups is 1. The SMILES string of the molecule is CC(C)(C)C(=O)OCC(O)c1ccco1. The van der Waals surface area contributed by atoms with Crippen LogP contribution >= 0.6 is 0 Å². The molecule has 1 unspecified atom stereocenters. The Bertz CT molecular complexity index is 308. The zero-order valence-corrected chi connectivity index (χ0v) is 9.19. The molecule has 0 saturated carbocycles. The molecule has 0 radical (unpaired) electrons. The summed E-state index contributed by atoms with van der Waals surface area (Å²) in [7, 11) is 0. The van der Waals surface area contributed by atoms with Gasteiger partial charge in [-0.05, 0) is 32.9 Å². The molecular formula is C11H16O4. The Morgan fingerprint density at radius 2 is 2.27 bits per heavy atom. The van der Waals surface area contributed by atoms with E-state index in [0.717, 1.165) is 0 Å². The number of aliphatic hydroxyl groups is 1. The molecule has 1 aromatic heterocycles. The molecule has 1 aromatic rings. The van der Waals surface area contributed by atoms with Crippen LogP contribution in [0.4, 0.5) is 0 Å². The molecule has 0 amide bonds. The van der Waals surface area contributed by atoms with Crippen molar-refractivity contribution in [3.05, 3.63) is 24.2 Å². The number of carbonyl (C=O) groups excluding carboxylic acids is 1. The number of hydrogen-bond acceptors (Lipinski definition) is 4. The van der Waals surface area contributed by atoms with Crippen LogP contribution in [-0.4, -0.2) is 17.7 Å². The van der Waals surface area contributed by atoms with Gasteiger partial charge in [0.2, 0.25) is 0 Å². The monoisotopic (exact) mass is 212 g/mol. The van der Waals surface area contributed by atoms with Gasteiger partial charge in [0.15, 0.2) is 0 Å². The van der Waals surface area contributed by atoms with Gasteiger partial charge in [-0.1, -0.05) is 0 Å². The topological polar surface area (TPSA) is 59.7 Å². The second-order valence-electron chi connectivity index (χ2n) is 4.38. The van der Waals surface area contributed by atoms with Crippen molar-refractivity contribution < 1.29 is 19.1 Å². The maximum Gasteiger partial charge on any atom is 0.311 e. The Kier molecular flexibility index (Phi) is 3.52. The molecule has 0 aromatic carbocycles. The third-order valence-corrected chi connectivity index (χ3v) is 1.86. The first-order valence-corrected chi connectivity index (χ1v) is 4.80. The summed E-state index contributed by atoms with van der Waals surface area (Å²) in [6.07, 6.45) is 0.565. The van der Waals surface area contributed by atoms with Gasteiger partial charge in [-0.2, -0.15) is 0 Å². The van der Waals surface area contributed by atoms with E-state index in [4.69, 9.17) is 9.15 Å². The predicted molar refractivity (Wildman–Crippen MR) is 54.1 cm³/mol. The summed E-state index contributed by atoms with van der Waals surface area (Å²) >= 11 is 0. The van der Waals surface area contributed by atoms with Crippen molar-refractivity contribution in [1.82, 2.24) is 0 Å². The number of hydrogen-bond donors (Lipinski definition) is 1. The van der Waals surface area contributed by atoms with Gasteiger partial charge in [-0.15, -0.1) is 0 Å². The van der Waals surface area contributed by atoms with E-state index in [2.05, 4.69) is 0 Å². The normalized spacial score (nSPS) is 13.6. The lowest BCUT2D eigenvalue weighted by atomic mass is 9.97. The molecule has 1 heterocycles. The molecule has 1 N–H and O–H groups in total. The molecule has 84 valence electrons. The van der Waals surface area contributed by atoms with Crippen LogP contribution in [0.1, 0.15) is 32.6 Å². The highest BCUT2D eigenvalue weighted by atomic mass is 16.5. The van der Waals surface area contributed by atoms with Crippen molar-refractivity contribution in [2.24, 2.45) is 5.41 Å². The zero-order valence-electron chi connectivity index (χ0n) is 9.19. The lowest BCUT2D eigenvalue weighted by molar-refractivity contribution is -0.156. The van der Waals surface area contributed by atoms with Gasteiger partial charge >= 0.3 is 5.97 Å². The quantitative estimate of drug-likeness (QED) is 0.777. The molecule has 1 atom stereocenters. The second-order valence-corrected chi connectivity index (χ2v) is 4.38. The first-order valence-electron chi connectivity index (χ1n) is 4.80. The van der Waals surface area contributed by atoms with E-state index >= 15 is 0 Å². The van der Waals surface area contributed by atoms with E-state index in [1.54, 1.807) is 32.9 Å². The number of esters is 1. The van der Waals surface area contributed by atoms with Crippen LogP contribution < -0.4 is 0 Å². The smallest absolute Gasteiger partial charge is 0.311 e. The van der Waals surface area contributed by atoms with Crippen LogP contribution in [0.3, 0.4) is 0 Å². The summed E-state index contributed by atoms with van der Waals surface area (Å²) in [4.78, 5) is 11.4. The predicted octanol–water partition coefficient (Wildman–Crippen LogP) is 1.90. The number of aliphatic hydroxyl groups excluding tert-OH is 1. The molecule has 0 aliphatic carbocycles. The van der Waals surface area contributed by atoms with E-state index in [9.17, 15) is 9.90 Å². The third kappa shape index (κ3) is 3.40. The standard InChI is InChI=1S/C11H16O4/c1-11(2,3)10(13)15-7-8(12)9-5-4-6-14-9/h4-6,8,12H,7H2,1-3H3. The average Bonchev–Trinajstić information content (AvgIpc) is 2.64. The fraction of sp³-hybridized carbons (Fsp3) is 0.545. The molecular weight excluding hydrogens is 196 g/mol. The van der Waals surface area contributed by atoms with E-state index in [0.29, 0.717) is 5.76 Å². The fourth-order valence-electron chi connectivity index (χ4n) is 0.934. The van der Waals surface area contributed by atoms with Gasteiger partial charge in [-0.3, -0.25) is 4.79 Å². The minimum atomic E-state index is -0.897. The lowest BCUT2D eigenvalue weighted by Gasteiger charge is -2.17. The van der Waals surface area contributed by atoms with Crippen molar-refractivity contribution >= 4 is 5.97 Å². The van der Waals surface area contributed by atoms with Crippen LogP contribution in [0.2, 0.25) is 0 Å². The van der Waals surface area contributed by atoms with Crippen LogP contribution in [0.5, 0.6) is 0 Å². The Hall–Kier alpha value is -1.29. The van der Waals surface area contributed by atoms with Gasteiger partial charge in [0.1, 0.15) is 18.5 Å². The largest absolute Gasteiger partial charge is 0.466 e. The van der Waals surface area contributed by atoms with Crippen LogP contribution in [0.25, 0.3) is 0 Å². The molecule has 0 saturated heterocycles. The van der Waals surface area contributed by atoms with Crippen LogP contribution in [-0.2, 0) is 9.53 Å². The second kappa shape index (κ2) is 4.49. The summed E-state index contributed by atoms with van der Waals surface area (Å²) in [6, 6.07) is 3.31. The van der Waals surface area contributed by atoms with Crippen molar-refractivity contribution in [2.45, 2.75) is 26.9 Å². The van der Waals surface area contributed by atoms with E-state index < -0.39 is 11.5 Å². The highest BCUT2D eigenvalue weighted by Gasteiger charge is 2.24. The summed E-state index contributed by atoms with van der Waals surface area (Å²) in [6.45, 7) is 5.20. The molecule has 0 aliphatic heterocycles. The number of furan rings is 1. The first-order chi connectivity index (χ1) is 6.91. The third-order valence-electron chi connectivity index (χ3n) is 1.86. The Morgan fingerprint density at radius 1 is 1.60 bits per heavy atom. The minimum absolute atomic E-state index is 0.0797. The Morgan fingerprint density at radius 3 is 2.73 bits per heavy atom. The first kappa shape index (κ1) is 11.8. The molecule has 1 rings (SSSR count). The molecule has 15 heavy (non-hydrogen) atoms. The highest BCUT2D eigenvalue weighted by Crippen LogP contribution is 2.18. The molecule has 0 spiro atoms. The highest BCUT2D eigenvalue weighted by molar-refractivity contribution is 5.75. The van der Waals surface area contributed by atoms with E-state index in [1.807, 2.05) is 0 Å². The maximum atomic E-state index is 11.4. The van der Waals surface area contributed by atoms with Crippen molar-refractivity contribution in [1.29, 1.82) is 0 Å². The average molecular weight is 212 g/mol. The molecule has 4 nitrogen and oxygen atoms in total. The zero-order chi connectivity index (χ0) is 11.5. The van der Waals surface area contributed by atoms with Crippen molar-refractivity contribution in [3.63, 3.8) is 0 Å². The van der Waals surface area contributed by atoms with Crippen molar-refractivity contribution in [2.75, 3.05) is 6.61 Å². The summed E-state index contributed by atoms with van der Waals surface area (Å²) in [5.41, 5.74) is -0.553. The van der Waals surface area contributed by atoms with E-state index in [-0.39, 0.29) is 12.6 Å². The minimum Gasteiger partial charge on any atom is -0.466 e. The lowest BCUT2D eigenvalue weighted by Crippen LogP contribution is -2.24. The number of rotatable bonds is 3. The molecule has 0 bridgehead atoms. The summed E-state index contributed by atoms with van der Waals surface area (Å²) in [5.74, 6) is 0.0600.